The van der Waals surface area contributed by atoms with E-state index in [0.29, 0.717) is 36.9 Å². The quantitative estimate of drug-likeness (QED) is 0.208. The summed E-state index contributed by atoms with van der Waals surface area (Å²) in [6.45, 7) is 4.56. The number of rotatable bonds is 9. The molecule has 2 aromatic carbocycles. The van der Waals surface area contributed by atoms with Gasteiger partial charge in [-0.2, -0.15) is 0 Å². The van der Waals surface area contributed by atoms with E-state index >= 15 is 0 Å². The van der Waals surface area contributed by atoms with Gasteiger partial charge in [-0.05, 0) is 54.8 Å². The van der Waals surface area contributed by atoms with Crippen molar-refractivity contribution < 1.29 is 14.4 Å². The first kappa shape index (κ1) is 23.3. The highest BCUT2D eigenvalue weighted by Gasteiger charge is 2.21. The molecule has 2 heterocycles. The summed E-state index contributed by atoms with van der Waals surface area (Å²) >= 11 is 0. The highest BCUT2D eigenvalue weighted by molar-refractivity contribution is 6.01. The van der Waals surface area contributed by atoms with Crippen molar-refractivity contribution in [3.8, 4) is 11.5 Å². The third-order valence-corrected chi connectivity index (χ3v) is 5.86. The molecule has 2 aromatic heterocycles. The maximum absolute atomic E-state index is 9.87. The monoisotopic (exact) mass is 456 g/mol. The number of methoxy groups -OCH3 is 1. The molecule has 0 bridgehead atoms. The number of ether oxygens (including phenoxy) is 1. The van der Waals surface area contributed by atoms with E-state index in [9.17, 15) is 5.21 Å². The van der Waals surface area contributed by atoms with Crippen LogP contribution in [0.15, 0.2) is 76.4 Å². The Morgan fingerprint density at radius 2 is 1.85 bits per heavy atom. The molecule has 174 valence electrons. The second-order valence-electron chi connectivity index (χ2n) is 8.21. The number of nitrogens with zero attached hydrogens (tertiary/aromatic N) is 4. The van der Waals surface area contributed by atoms with E-state index in [4.69, 9.17) is 9.15 Å². The van der Waals surface area contributed by atoms with Gasteiger partial charge in [0.25, 0.3) is 0 Å². The van der Waals surface area contributed by atoms with Crippen LogP contribution >= 0.6 is 0 Å². The van der Waals surface area contributed by atoms with Gasteiger partial charge in [-0.25, -0.2) is 0 Å². The molecule has 0 aliphatic heterocycles. The summed E-state index contributed by atoms with van der Waals surface area (Å²) in [6.07, 6.45) is 2.85. The zero-order valence-corrected chi connectivity index (χ0v) is 19.6. The lowest BCUT2D eigenvalue weighted by molar-refractivity contribution is 0.195. The molecule has 34 heavy (non-hydrogen) atoms. The van der Waals surface area contributed by atoms with Crippen LogP contribution < -0.4 is 0 Å². The van der Waals surface area contributed by atoms with Gasteiger partial charge in [-0.15, -0.1) is 10.2 Å². The fourth-order valence-electron chi connectivity index (χ4n) is 4.04. The van der Waals surface area contributed by atoms with Gasteiger partial charge in [-0.1, -0.05) is 41.6 Å². The third-order valence-electron chi connectivity index (χ3n) is 5.86. The maximum Gasteiger partial charge on any atom is 0.247 e. The van der Waals surface area contributed by atoms with Crippen LogP contribution in [0.1, 0.15) is 46.2 Å². The van der Waals surface area contributed by atoms with Crippen molar-refractivity contribution in [3.05, 3.63) is 101 Å². The number of aryl methyl sites for hydroxylation is 2. The van der Waals surface area contributed by atoms with Crippen LogP contribution in [0, 0.1) is 13.8 Å². The van der Waals surface area contributed by atoms with Crippen molar-refractivity contribution in [1.82, 2.24) is 15.2 Å². The molecule has 0 aliphatic rings. The van der Waals surface area contributed by atoms with Crippen LogP contribution in [0.5, 0.6) is 0 Å². The van der Waals surface area contributed by atoms with Crippen LogP contribution in [-0.4, -0.2) is 39.8 Å². The highest BCUT2D eigenvalue weighted by atomic mass is 16.5. The van der Waals surface area contributed by atoms with Gasteiger partial charge in [-0.3, -0.25) is 4.98 Å². The highest BCUT2D eigenvalue weighted by Crippen LogP contribution is 2.33. The molecule has 4 rings (SSSR count). The predicted molar refractivity (Wildman–Crippen MR) is 130 cm³/mol. The minimum Gasteiger partial charge on any atom is -0.421 e. The standard InChI is InChI=1S/C27H28N4O3/c1-18-6-4-5-7-23(18)24(17-25(31-32)22-12-14-28-19(2)16-22)20-8-10-21(11-9-20)27-30-29-26(34-27)13-15-33-3/h4-12,14,16,24,32H,13,15,17H2,1-3H3/b31-25+/t24-/m1/s1. The number of aromatic nitrogens is 3. The Bertz CT molecular complexity index is 1260. The summed E-state index contributed by atoms with van der Waals surface area (Å²) in [4.78, 5) is 4.26. The average molecular weight is 457 g/mol. The van der Waals surface area contributed by atoms with E-state index in [1.165, 1.54) is 11.1 Å². The van der Waals surface area contributed by atoms with E-state index in [1.54, 1.807) is 13.3 Å². The number of hydrogen-bond donors (Lipinski definition) is 1. The summed E-state index contributed by atoms with van der Waals surface area (Å²) in [6, 6.07) is 20.2. The normalized spacial score (nSPS) is 12.6. The van der Waals surface area contributed by atoms with Gasteiger partial charge >= 0.3 is 0 Å². The van der Waals surface area contributed by atoms with Gasteiger partial charge < -0.3 is 14.4 Å². The summed E-state index contributed by atoms with van der Waals surface area (Å²) in [5.41, 5.74) is 6.66. The molecule has 0 radical (unpaired) electrons. The molecule has 0 unspecified atom stereocenters. The maximum atomic E-state index is 9.87. The van der Waals surface area contributed by atoms with Gasteiger partial charge in [0.2, 0.25) is 11.8 Å². The zero-order valence-electron chi connectivity index (χ0n) is 19.6. The predicted octanol–water partition coefficient (Wildman–Crippen LogP) is 5.34. The smallest absolute Gasteiger partial charge is 0.247 e. The molecular formula is C27H28N4O3. The van der Waals surface area contributed by atoms with E-state index in [1.807, 2.05) is 43.3 Å². The Balaban J connectivity index is 1.65. The number of benzene rings is 2. The zero-order chi connectivity index (χ0) is 23.9. The molecule has 4 aromatic rings. The van der Waals surface area contributed by atoms with Gasteiger partial charge in [0.15, 0.2) is 0 Å². The van der Waals surface area contributed by atoms with Gasteiger partial charge in [0.05, 0.1) is 12.3 Å². The lowest BCUT2D eigenvalue weighted by atomic mass is 9.83. The molecule has 0 amide bonds. The van der Waals surface area contributed by atoms with E-state index in [-0.39, 0.29) is 5.92 Å². The summed E-state index contributed by atoms with van der Waals surface area (Å²) in [7, 11) is 1.64. The molecule has 0 aliphatic carbocycles. The largest absolute Gasteiger partial charge is 0.421 e. The fourth-order valence-corrected chi connectivity index (χ4v) is 4.04. The van der Waals surface area contributed by atoms with Crippen molar-refractivity contribution in [3.63, 3.8) is 0 Å². The Labute approximate surface area is 199 Å². The van der Waals surface area contributed by atoms with Crippen molar-refractivity contribution >= 4 is 5.71 Å². The molecule has 1 atom stereocenters. The minimum absolute atomic E-state index is 0.00503. The van der Waals surface area contributed by atoms with Crippen molar-refractivity contribution in [2.45, 2.75) is 32.6 Å². The lowest BCUT2D eigenvalue weighted by Gasteiger charge is -2.21. The van der Waals surface area contributed by atoms with Crippen LogP contribution in [0.25, 0.3) is 11.5 Å². The van der Waals surface area contributed by atoms with Gasteiger partial charge in [0.1, 0.15) is 0 Å². The number of oxime groups is 1. The molecule has 1 N–H and O–H groups in total. The Morgan fingerprint density at radius 1 is 1.06 bits per heavy atom. The summed E-state index contributed by atoms with van der Waals surface area (Å²) in [5, 5.41) is 21.8. The van der Waals surface area contributed by atoms with Crippen molar-refractivity contribution in [2.75, 3.05) is 13.7 Å². The first-order valence-electron chi connectivity index (χ1n) is 11.2. The molecule has 0 fully saturated rings. The van der Waals surface area contributed by atoms with Crippen LogP contribution in [0.4, 0.5) is 0 Å². The van der Waals surface area contributed by atoms with Crippen LogP contribution in [0.2, 0.25) is 0 Å². The second-order valence-corrected chi connectivity index (χ2v) is 8.21. The minimum atomic E-state index is -0.00503. The SMILES string of the molecule is COCCc1nnc(-c2ccc([C@@H](C/C(=N\O)c3ccnc(C)c3)c3ccccc3C)cc2)o1. The Morgan fingerprint density at radius 3 is 2.56 bits per heavy atom. The lowest BCUT2D eigenvalue weighted by Crippen LogP contribution is -2.12. The second kappa shape index (κ2) is 10.9. The molecular weight excluding hydrogens is 428 g/mol. The average Bonchev–Trinajstić information content (AvgIpc) is 3.33. The Kier molecular flexibility index (Phi) is 7.44. The molecule has 0 spiro atoms. The topological polar surface area (TPSA) is 93.6 Å². The molecule has 7 nitrogen and oxygen atoms in total. The van der Waals surface area contributed by atoms with Crippen molar-refractivity contribution in [1.29, 1.82) is 0 Å². The number of pyridine rings is 1. The van der Waals surface area contributed by atoms with Crippen molar-refractivity contribution in [2.24, 2.45) is 5.16 Å². The summed E-state index contributed by atoms with van der Waals surface area (Å²) < 4.78 is 10.8. The third kappa shape index (κ3) is 5.38. The Hall–Kier alpha value is -3.84. The molecule has 0 saturated carbocycles. The summed E-state index contributed by atoms with van der Waals surface area (Å²) in [5.74, 6) is 1.03. The fraction of sp³-hybridized carbons (Fsp3) is 0.259. The van der Waals surface area contributed by atoms with Gasteiger partial charge in [0, 0.05) is 48.9 Å². The van der Waals surface area contributed by atoms with E-state index < -0.39 is 0 Å². The van der Waals surface area contributed by atoms with E-state index in [0.717, 1.165) is 22.4 Å². The van der Waals surface area contributed by atoms with Crippen LogP contribution in [0.3, 0.4) is 0 Å². The molecule has 7 heteroatoms. The number of hydrogen-bond acceptors (Lipinski definition) is 7. The van der Waals surface area contributed by atoms with Crippen LogP contribution in [-0.2, 0) is 11.2 Å². The van der Waals surface area contributed by atoms with E-state index in [2.05, 4.69) is 51.5 Å². The molecule has 0 saturated heterocycles. The first-order valence-corrected chi connectivity index (χ1v) is 11.2. The first-order chi connectivity index (χ1) is 16.6.